The zero-order valence-corrected chi connectivity index (χ0v) is 23.4. The van der Waals surface area contributed by atoms with Crippen molar-refractivity contribution in [3.8, 4) is 17.2 Å². The molecule has 0 fully saturated rings. The highest BCUT2D eigenvalue weighted by molar-refractivity contribution is 6.34. The minimum absolute atomic E-state index is 0.341. The van der Waals surface area contributed by atoms with Crippen LogP contribution in [0.4, 0.5) is 4.79 Å². The topological polar surface area (TPSA) is 86.6 Å². The Kier molecular flexibility index (Phi) is 10.1. The van der Waals surface area contributed by atoms with Gasteiger partial charge < -0.3 is 24.8 Å². The van der Waals surface area contributed by atoms with Crippen molar-refractivity contribution in [1.82, 2.24) is 20.4 Å². The second-order valence-electron chi connectivity index (χ2n) is 9.39. The first kappa shape index (κ1) is 28.6. The molecule has 0 bridgehead atoms. The lowest BCUT2D eigenvalue weighted by Gasteiger charge is -2.19. The number of hydrogen-bond donors (Lipinski definition) is 2. The highest BCUT2D eigenvalue weighted by Gasteiger charge is 2.20. The molecule has 0 aliphatic heterocycles. The summed E-state index contributed by atoms with van der Waals surface area (Å²) >= 11 is 12.4. The van der Waals surface area contributed by atoms with Crippen LogP contribution in [-0.4, -0.2) is 35.1 Å². The van der Waals surface area contributed by atoms with Gasteiger partial charge in [0.15, 0.2) is 5.75 Å². The average Bonchev–Trinajstić information content (AvgIpc) is 3.14. The molecule has 0 atom stereocenters. The van der Waals surface area contributed by atoms with Gasteiger partial charge in [-0.1, -0.05) is 42.3 Å². The molecule has 2 N–H and O–H groups in total. The predicted octanol–water partition coefficient (Wildman–Crippen LogP) is 6.37. The molecule has 1 amide bonds. The second kappa shape index (κ2) is 13.0. The van der Waals surface area contributed by atoms with Crippen LogP contribution in [0, 0.1) is 0 Å². The number of halogens is 2. The van der Waals surface area contributed by atoms with E-state index in [-0.39, 0.29) is 0 Å². The molecule has 1 heterocycles. The summed E-state index contributed by atoms with van der Waals surface area (Å²) in [6, 6.07) is 12.9. The molecule has 2 aromatic carbocycles. The summed E-state index contributed by atoms with van der Waals surface area (Å²) < 4.78 is 18.7. The van der Waals surface area contributed by atoms with Crippen LogP contribution >= 0.6 is 23.2 Å². The number of alkyl carbamates (subject to hydrolysis) is 1. The van der Waals surface area contributed by atoms with Crippen molar-refractivity contribution in [2.24, 2.45) is 0 Å². The van der Waals surface area contributed by atoms with E-state index in [1.807, 2.05) is 56.6 Å². The largest absolute Gasteiger partial charge is 0.497 e. The molecular formula is C27H34Cl2N4O4. The van der Waals surface area contributed by atoms with Gasteiger partial charge in [-0.15, -0.1) is 0 Å². The number of carbonyl (C=O) groups is 1. The van der Waals surface area contributed by atoms with Crippen LogP contribution in [0.1, 0.15) is 44.6 Å². The summed E-state index contributed by atoms with van der Waals surface area (Å²) in [5, 5.41) is 12.0. The number of hydrogen-bond acceptors (Lipinski definition) is 6. The van der Waals surface area contributed by atoms with E-state index in [9.17, 15) is 4.79 Å². The second-order valence-corrected chi connectivity index (χ2v) is 10.3. The molecular weight excluding hydrogens is 515 g/mol. The Hall–Kier alpha value is -2.94. The minimum atomic E-state index is -0.569. The third kappa shape index (κ3) is 8.84. The minimum Gasteiger partial charge on any atom is -0.497 e. The van der Waals surface area contributed by atoms with E-state index in [2.05, 4.69) is 10.6 Å². The van der Waals surface area contributed by atoms with Crippen LogP contribution in [0.25, 0.3) is 0 Å². The van der Waals surface area contributed by atoms with Gasteiger partial charge in [0.25, 0.3) is 0 Å². The van der Waals surface area contributed by atoms with Gasteiger partial charge in [-0.3, -0.25) is 4.68 Å². The van der Waals surface area contributed by atoms with Gasteiger partial charge in [0.1, 0.15) is 22.8 Å². The first-order valence-electron chi connectivity index (χ1n) is 12.1. The Morgan fingerprint density at radius 3 is 2.30 bits per heavy atom. The SMILES string of the molecule is CCc1nn(CCNC(=O)OC(C)(C)C)c(CNCc2ccc(OC)cc2)c1Oc1cc(Cl)cc(Cl)c1. The maximum atomic E-state index is 12.1. The molecule has 37 heavy (non-hydrogen) atoms. The van der Waals surface area contributed by atoms with Crippen molar-refractivity contribution in [2.45, 2.75) is 59.4 Å². The van der Waals surface area contributed by atoms with E-state index in [0.29, 0.717) is 54.1 Å². The maximum absolute atomic E-state index is 12.1. The zero-order chi connectivity index (χ0) is 27.0. The van der Waals surface area contributed by atoms with Gasteiger partial charge in [-0.05, 0) is 63.1 Å². The Morgan fingerprint density at radius 2 is 1.70 bits per heavy atom. The van der Waals surface area contributed by atoms with Crippen molar-refractivity contribution >= 4 is 29.3 Å². The summed E-state index contributed by atoms with van der Waals surface area (Å²) in [6.45, 7) is 9.38. The fourth-order valence-electron chi connectivity index (χ4n) is 3.59. The highest BCUT2D eigenvalue weighted by Crippen LogP contribution is 2.33. The lowest BCUT2D eigenvalue weighted by molar-refractivity contribution is 0.0525. The Morgan fingerprint density at radius 1 is 1.03 bits per heavy atom. The standard InChI is InChI=1S/C27H34Cl2N4O4/c1-6-23-25(36-22-14-19(28)13-20(29)15-22)24(17-30-16-18-7-9-21(35-5)10-8-18)33(32-23)12-11-31-26(34)37-27(2,3)4/h7-10,13-15,30H,6,11-12,16-17H2,1-5H3,(H,31,34). The van der Waals surface area contributed by atoms with Crippen LogP contribution in [0.15, 0.2) is 42.5 Å². The molecule has 0 radical (unpaired) electrons. The fourth-order valence-corrected chi connectivity index (χ4v) is 4.10. The number of nitrogens with zero attached hydrogens (tertiary/aromatic N) is 2. The van der Waals surface area contributed by atoms with E-state index in [4.69, 9.17) is 42.5 Å². The first-order chi connectivity index (χ1) is 17.6. The number of carbonyl (C=O) groups excluding carboxylic acids is 1. The van der Waals surface area contributed by atoms with Crippen molar-refractivity contribution in [2.75, 3.05) is 13.7 Å². The van der Waals surface area contributed by atoms with Gasteiger partial charge >= 0.3 is 6.09 Å². The average molecular weight is 549 g/mol. The molecule has 200 valence electrons. The maximum Gasteiger partial charge on any atom is 0.407 e. The van der Waals surface area contributed by atoms with Crippen LogP contribution in [0.3, 0.4) is 0 Å². The molecule has 0 aliphatic carbocycles. The summed E-state index contributed by atoms with van der Waals surface area (Å²) in [4.78, 5) is 12.1. The van der Waals surface area contributed by atoms with Gasteiger partial charge in [-0.25, -0.2) is 4.79 Å². The summed E-state index contributed by atoms with van der Waals surface area (Å²) in [5.41, 5.74) is 2.17. The molecule has 0 spiro atoms. The Labute approximate surface area is 228 Å². The number of rotatable bonds is 11. The summed E-state index contributed by atoms with van der Waals surface area (Å²) in [5.74, 6) is 1.97. The van der Waals surface area contributed by atoms with Crippen LogP contribution in [-0.2, 0) is 30.8 Å². The van der Waals surface area contributed by atoms with Crippen LogP contribution in [0.5, 0.6) is 17.2 Å². The molecule has 8 nitrogen and oxygen atoms in total. The Balaban J connectivity index is 1.80. The number of methoxy groups -OCH3 is 1. The van der Waals surface area contributed by atoms with Gasteiger partial charge in [0, 0.05) is 29.7 Å². The van der Waals surface area contributed by atoms with E-state index in [0.717, 1.165) is 22.7 Å². The highest BCUT2D eigenvalue weighted by atomic mass is 35.5. The monoisotopic (exact) mass is 548 g/mol. The van der Waals surface area contributed by atoms with Crippen LogP contribution in [0.2, 0.25) is 10.0 Å². The molecule has 3 aromatic rings. The predicted molar refractivity (Wildman–Crippen MR) is 146 cm³/mol. The summed E-state index contributed by atoms with van der Waals surface area (Å²) in [7, 11) is 1.64. The molecule has 1 aromatic heterocycles. The zero-order valence-electron chi connectivity index (χ0n) is 21.9. The molecule has 0 saturated heterocycles. The van der Waals surface area contributed by atoms with Crippen molar-refractivity contribution < 1.29 is 19.0 Å². The molecule has 3 rings (SSSR count). The van der Waals surface area contributed by atoms with Crippen molar-refractivity contribution in [1.29, 1.82) is 0 Å². The normalized spacial score (nSPS) is 11.3. The number of amides is 1. The number of ether oxygens (including phenoxy) is 3. The fraction of sp³-hybridized carbons (Fsp3) is 0.407. The van der Waals surface area contributed by atoms with E-state index >= 15 is 0 Å². The van der Waals surface area contributed by atoms with E-state index in [1.54, 1.807) is 25.3 Å². The molecule has 10 heteroatoms. The quantitative estimate of drug-likeness (QED) is 0.289. The molecule has 0 saturated carbocycles. The summed E-state index contributed by atoms with van der Waals surface area (Å²) in [6.07, 6.45) is 0.182. The third-order valence-electron chi connectivity index (χ3n) is 5.24. The number of aryl methyl sites for hydroxylation is 1. The van der Waals surface area contributed by atoms with E-state index in [1.165, 1.54) is 0 Å². The van der Waals surface area contributed by atoms with E-state index < -0.39 is 11.7 Å². The smallest absolute Gasteiger partial charge is 0.407 e. The molecule has 0 aliphatic rings. The van der Waals surface area contributed by atoms with Crippen LogP contribution < -0.4 is 20.1 Å². The Bertz CT molecular complexity index is 1170. The molecule has 0 unspecified atom stereocenters. The first-order valence-corrected chi connectivity index (χ1v) is 12.9. The van der Waals surface area contributed by atoms with Crippen molar-refractivity contribution in [3.05, 3.63) is 69.5 Å². The van der Waals surface area contributed by atoms with Gasteiger partial charge in [-0.2, -0.15) is 5.10 Å². The lowest BCUT2D eigenvalue weighted by Crippen LogP contribution is -2.34. The van der Waals surface area contributed by atoms with Gasteiger partial charge in [0.2, 0.25) is 0 Å². The third-order valence-corrected chi connectivity index (χ3v) is 5.68. The number of nitrogens with one attached hydrogen (secondary N) is 2. The van der Waals surface area contributed by atoms with Gasteiger partial charge in [0.05, 0.1) is 19.3 Å². The lowest BCUT2D eigenvalue weighted by atomic mass is 10.2. The number of benzene rings is 2. The number of aromatic nitrogens is 2. The van der Waals surface area contributed by atoms with Crippen molar-refractivity contribution in [3.63, 3.8) is 0 Å².